The van der Waals surface area contributed by atoms with Gasteiger partial charge in [-0.05, 0) is 36.1 Å². The summed E-state index contributed by atoms with van der Waals surface area (Å²) in [6, 6.07) is 3.91. The molecule has 0 amide bonds. The van der Waals surface area contributed by atoms with E-state index in [4.69, 9.17) is 0 Å². The first-order valence-electron chi connectivity index (χ1n) is 7.77. The normalized spacial score (nSPS) is 12.3. The van der Waals surface area contributed by atoms with Crippen molar-refractivity contribution in [1.29, 1.82) is 0 Å². The lowest BCUT2D eigenvalue weighted by molar-refractivity contribution is -0.0395. The summed E-state index contributed by atoms with van der Waals surface area (Å²) in [5.41, 5.74) is 6.11. The molecule has 0 fully saturated rings. The highest BCUT2D eigenvalue weighted by Gasteiger charge is 2.21. The number of thiophene rings is 1. The van der Waals surface area contributed by atoms with Crippen molar-refractivity contribution in [3.8, 4) is 11.3 Å². The highest BCUT2D eigenvalue weighted by Crippen LogP contribution is 2.41. The Labute approximate surface area is 142 Å². The summed E-state index contributed by atoms with van der Waals surface area (Å²) in [6.07, 6.45) is 2.09. The van der Waals surface area contributed by atoms with Gasteiger partial charge in [0.2, 0.25) is 0 Å². The molecule has 0 aliphatic heterocycles. The fraction of sp³-hybridized carbons (Fsp3) is 0.294. The van der Waals surface area contributed by atoms with Gasteiger partial charge in [0.25, 0.3) is 0 Å². The van der Waals surface area contributed by atoms with Crippen molar-refractivity contribution >= 4 is 27.2 Å². The first kappa shape index (κ1) is 15.3. The van der Waals surface area contributed by atoms with Gasteiger partial charge in [-0.3, -0.25) is 0 Å². The van der Waals surface area contributed by atoms with Crippen LogP contribution in [0.1, 0.15) is 42.1 Å². The number of aliphatic hydroxyl groups is 2. The van der Waals surface area contributed by atoms with Crippen LogP contribution in [0.15, 0.2) is 24.7 Å². The number of nitrogens with one attached hydrogen (secondary N) is 1. The molecule has 7 heteroatoms. The standard InChI is InChI=1S/C17H18N4O2S/c1-8(2)13-14(20-11-5-12(17(22)23)24-15(11)13)10-4-9(3)16-18-7-19-21(16)6-10/h4-8,17,20,22-23H,1-3H3. The number of rotatable bonds is 3. The zero-order valence-electron chi connectivity index (χ0n) is 13.6. The lowest BCUT2D eigenvalue weighted by Gasteiger charge is -2.10. The molecule has 0 saturated carbocycles. The van der Waals surface area contributed by atoms with Crippen LogP contribution in [-0.2, 0) is 0 Å². The maximum atomic E-state index is 9.42. The van der Waals surface area contributed by atoms with Crippen LogP contribution >= 0.6 is 11.3 Å². The largest absolute Gasteiger partial charge is 0.364 e. The fourth-order valence-corrected chi connectivity index (χ4v) is 4.34. The Morgan fingerprint density at radius 2 is 2.04 bits per heavy atom. The SMILES string of the molecule is Cc1cc(-c2[nH]c3cc(C(O)O)sc3c2C(C)C)cn2ncnc12. The van der Waals surface area contributed by atoms with E-state index in [-0.39, 0.29) is 0 Å². The Hall–Kier alpha value is -2.22. The predicted octanol–water partition coefficient (Wildman–Crippen LogP) is 3.35. The molecule has 0 aliphatic carbocycles. The van der Waals surface area contributed by atoms with Gasteiger partial charge in [-0.15, -0.1) is 11.3 Å². The molecule has 0 unspecified atom stereocenters. The molecule has 3 N–H and O–H groups in total. The van der Waals surface area contributed by atoms with Gasteiger partial charge in [0.05, 0.1) is 20.8 Å². The summed E-state index contributed by atoms with van der Waals surface area (Å²) in [6.45, 7) is 6.30. The molecule has 0 spiro atoms. The number of pyridine rings is 1. The Bertz CT molecular complexity index is 1040. The van der Waals surface area contributed by atoms with Gasteiger partial charge < -0.3 is 15.2 Å². The Kier molecular flexibility index (Phi) is 3.45. The van der Waals surface area contributed by atoms with E-state index in [2.05, 4.69) is 35.0 Å². The number of hydrogen-bond donors (Lipinski definition) is 3. The van der Waals surface area contributed by atoms with Crippen LogP contribution in [0, 0.1) is 6.92 Å². The van der Waals surface area contributed by atoms with E-state index in [0.29, 0.717) is 10.8 Å². The fourth-order valence-electron chi connectivity index (χ4n) is 3.15. The molecule has 124 valence electrons. The van der Waals surface area contributed by atoms with Crippen molar-refractivity contribution in [3.05, 3.63) is 40.7 Å². The quantitative estimate of drug-likeness (QED) is 0.498. The third-order valence-corrected chi connectivity index (χ3v) is 5.41. The number of aromatic nitrogens is 4. The van der Waals surface area contributed by atoms with Crippen LogP contribution < -0.4 is 0 Å². The van der Waals surface area contributed by atoms with E-state index in [1.54, 1.807) is 16.9 Å². The van der Waals surface area contributed by atoms with Crippen LogP contribution in [0.2, 0.25) is 0 Å². The summed E-state index contributed by atoms with van der Waals surface area (Å²) in [7, 11) is 0. The Balaban J connectivity index is 1.97. The van der Waals surface area contributed by atoms with Gasteiger partial charge in [0, 0.05) is 11.8 Å². The van der Waals surface area contributed by atoms with Crippen molar-refractivity contribution in [2.24, 2.45) is 0 Å². The minimum atomic E-state index is -1.44. The molecule has 0 bridgehead atoms. The molecule has 4 heterocycles. The molecule has 0 radical (unpaired) electrons. The topological polar surface area (TPSA) is 86.4 Å². The van der Waals surface area contributed by atoms with Crippen LogP contribution in [0.4, 0.5) is 0 Å². The molecule has 0 saturated heterocycles. The summed E-state index contributed by atoms with van der Waals surface area (Å²) in [5, 5.41) is 23.1. The average Bonchev–Trinajstić information content (AvgIpc) is 3.19. The second-order valence-electron chi connectivity index (χ2n) is 6.27. The van der Waals surface area contributed by atoms with Gasteiger partial charge in [0.1, 0.15) is 6.33 Å². The van der Waals surface area contributed by atoms with E-state index in [0.717, 1.165) is 32.7 Å². The maximum Gasteiger partial charge on any atom is 0.188 e. The van der Waals surface area contributed by atoms with E-state index >= 15 is 0 Å². The third kappa shape index (κ3) is 2.24. The number of H-pyrrole nitrogens is 1. The number of aryl methyl sites for hydroxylation is 1. The minimum Gasteiger partial charge on any atom is -0.364 e. The van der Waals surface area contributed by atoms with Crippen LogP contribution in [0.3, 0.4) is 0 Å². The first-order chi connectivity index (χ1) is 11.5. The van der Waals surface area contributed by atoms with Crippen LogP contribution in [-0.4, -0.2) is 29.8 Å². The predicted molar refractivity (Wildman–Crippen MR) is 94.2 cm³/mol. The molecular weight excluding hydrogens is 324 g/mol. The van der Waals surface area contributed by atoms with Crippen molar-refractivity contribution in [2.45, 2.75) is 33.0 Å². The van der Waals surface area contributed by atoms with Crippen molar-refractivity contribution in [3.63, 3.8) is 0 Å². The van der Waals surface area contributed by atoms with Gasteiger partial charge >= 0.3 is 0 Å². The molecule has 4 aromatic rings. The van der Waals surface area contributed by atoms with Crippen molar-refractivity contribution in [1.82, 2.24) is 19.6 Å². The number of fused-ring (bicyclic) bond motifs is 2. The second-order valence-corrected chi connectivity index (χ2v) is 7.36. The van der Waals surface area contributed by atoms with Crippen molar-refractivity contribution in [2.75, 3.05) is 0 Å². The zero-order valence-corrected chi connectivity index (χ0v) is 14.4. The van der Waals surface area contributed by atoms with Crippen LogP contribution in [0.5, 0.6) is 0 Å². The molecule has 4 rings (SSSR count). The summed E-state index contributed by atoms with van der Waals surface area (Å²) in [4.78, 5) is 8.26. The smallest absolute Gasteiger partial charge is 0.188 e. The maximum absolute atomic E-state index is 9.42. The van der Waals surface area contributed by atoms with Crippen molar-refractivity contribution < 1.29 is 10.2 Å². The monoisotopic (exact) mass is 342 g/mol. The van der Waals surface area contributed by atoms with Gasteiger partial charge in [-0.1, -0.05) is 13.8 Å². The molecule has 0 atom stereocenters. The average molecular weight is 342 g/mol. The zero-order chi connectivity index (χ0) is 17.0. The first-order valence-corrected chi connectivity index (χ1v) is 8.59. The van der Waals surface area contributed by atoms with Gasteiger partial charge in [-0.25, -0.2) is 9.50 Å². The summed E-state index contributed by atoms with van der Waals surface area (Å²) < 4.78 is 2.85. The van der Waals surface area contributed by atoms with Gasteiger partial charge in [-0.2, -0.15) is 5.10 Å². The summed E-state index contributed by atoms with van der Waals surface area (Å²) >= 11 is 1.42. The van der Waals surface area contributed by atoms with Crippen LogP contribution in [0.25, 0.3) is 27.1 Å². The summed E-state index contributed by atoms with van der Waals surface area (Å²) in [5.74, 6) is 0.294. The van der Waals surface area contributed by atoms with E-state index in [9.17, 15) is 10.2 Å². The number of aromatic amines is 1. The molecular formula is C17H18N4O2S. The van der Waals surface area contributed by atoms with Gasteiger partial charge in [0.15, 0.2) is 11.9 Å². The van der Waals surface area contributed by atoms with E-state index in [1.807, 2.05) is 13.1 Å². The number of aliphatic hydroxyl groups excluding tert-OH is 1. The molecule has 0 aliphatic rings. The van der Waals surface area contributed by atoms with E-state index < -0.39 is 6.29 Å². The molecule has 0 aromatic carbocycles. The highest BCUT2D eigenvalue weighted by molar-refractivity contribution is 7.19. The number of nitrogens with zero attached hydrogens (tertiary/aromatic N) is 3. The lowest BCUT2D eigenvalue weighted by atomic mass is 9.99. The van der Waals surface area contributed by atoms with E-state index in [1.165, 1.54) is 16.9 Å². The Morgan fingerprint density at radius 3 is 2.75 bits per heavy atom. The Morgan fingerprint density at radius 1 is 1.25 bits per heavy atom. The molecule has 24 heavy (non-hydrogen) atoms. The second kappa shape index (κ2) is 5.41. The highest BCUT2D eigenvalue weighted by atomic mass is 32.1. The lowest BCUT2D eigenvalue weighted by Crippen LogP contribution is -1.95. The minimum absolute atomic E-state index is 0.294. The molecule has 4 aromatic heterocycles. The number of hydrogen-bond acceptors (Lipinski definition) is 5. The molecule has 6 nitrogen and oxygen atoms in total. The third-order valence-electron chi connectivity index (χ3n) is 4.20.